The highest BCUT2D eigenvalue weighted by molar-refractivity contribution is 7.93. The van der Waals surface area contributed by atoms with E-state index in [9.17, 15) is 12.8 Å². The van der Waals surface area contributed by atoms with Crippen LogP contribution in [0.5, 0.6) is 0 Å². The first-order valence-electron chi connectivity index (χ1n) is 5.92. The van der Waals surface area contributed by atoms with Gasteiger partial charge in [-0.1, -0.05) is 0 Å². The van der Waals surface area contributed by atoms with Gasteiger partial charge in [-0.2, -0.15) is 0 Å². The molecule has 2 aromatic rings. The zero-order valence-corrected chi connectivity index (χ0v) is 13.3. The second kappa shape index (κ2) is 5.14. The quantitative estimate of drug-likeness (QED) is 0.875. The van der Waals surface area contributed by atoms with Crippen LogP contribution in [0.4, 0.5) is 9.52 Å². The lowest BCUT2D eigenvalue weighted by atomic mass is 10.2. The molecule has 0 aliphatic heterocycles. The number of thiazole rings is 1. The lowest BCUT2D eigenvalue weighted by molar-refractivity contribution is 0.592. The summed E-state index contributed by atoms with van der Waals surface area (Å²) in [7, 11) is -2.27. The van der Waals surface area contributed by atoms with Crippen LogP contribution in [0.1, 0.15) is 16.1 Å². The summed E-state index contributed by atoms with van der Waals surface area (Å²) in [5.41, 5.74) is 1.10. The van der Waals surface area contributed by atoms with Gasteiger partial charge in [0, 0.05) is 11.9 Å². The van der Waals surface area contributed by atoms with Crippen LogP contribution in [0.25, 0.3) is 0 Å². The van der Waals surface area contributed by atoms with Gasteiger partial charge in [-0.15, -0.1) is 11.3 Å². The van der Waals surface area contributed by atoms with Crippen molar-refractivity contribution in [2.75, 3.05) is 11.4 Å². The third kappa shape index (κ3) is 2.55. The molecule has 1 aromatic heterocycles. The number of nitrogens with zero attached hydrogens (tertiary/aromatic N) is 2. The van der Waals surface area contributed by atoms with Crippen LogP contribution in [0.2, 0.25) is 0 Å². The standard InChI is InChI=1S/C13H15FN2O2S2/c1-8-7-11(5-6-12(8)14)20(17,18)16(4)13-15-9(2)10(3)19-13/h5-7H,1-4H3. The Kier molecular flexibility index (Phi) is 3.84. The molecule has 20 heavy (non-hydrogen) atoms. The maximum absolute atomic E-state index is 13.2. The Morgan fingerprint density at radius 1 is 1.25 bits per heavy atom. The minimum atomic E-state index is -3.72. The van der Waals surface area contributed by atoms with Crippen LogP contribution >= 0.6 is 11.3 Å². The smallest absolute Gasteiger partial charge is 0.244 e. The van der Waals surface area contributed by atoms with Crippen molar-refractivity contribution in [1.82, 2.24) is 4.98 Å². The van der Waals surface area contributed by atoms with Crippen LogP contribution in [0, 0.1) is 26.6 Å². The molecule has 1 aromatic carbocycles. The molecule has 1 heterocycles. The SMILES string of the molecule is Cc1cc(S(=O)(=O)N(C)c2nc(C)c(C)s2)ccc1F. The third-order valence-corrected chi connectivity index (χ3v) is 6.08. The van der Waals surface area contributed by atoms with Gasteiger partial charge in [-0.25, -0.2) is 22.1 Å². The average Bonchev–Trinajstić information content (AvgIpc) is 2.71. The Bertz CT molecular complexity index is 734. The average molecular weight is 314 g/mol. The molecule has 108 valence electrons. The molecule has 0 spiro atoms. The van der Waals surface area contributed by atoms with Gasteiger partial charge in [0.2, 0.25) is 0 Å². The van der Waals surface area contributed by atoms with E-state index in [4.69, 9.17) is 0 Å². The molecule has 0 saturated heterocycles. The number of benzene rings is 1. The summed E-state index contributed by atoms with van der Waals surface area (Å²) >= 11 is 1.31. The first-order valence-corrected chi connectivity index (χ1v) is 8.18. The molecule has 0 amide bonds. The summed E-state index contributed by atoms with van der Waals surface area (Å²) in [6, 6.07) is 3.75. The topological polar surface area (TPSA) is 50.3 Å². The number of aromatic nitrogens is 1. The Morgan fingerprint density at radius 3 is 2.40 bits per heavy atom. The summed E-state index contributed by atoms with van der Waals surface area (Å²) in [6.07, 6.45) is 0. The van der Waals surface area contributed by atoms with Crippen molar-refractivity contribution >= 4 is 26.5 Å². The normalized spacial score (nSPS) is 11.7. The minimum absolute atomic E-state index is 0.0596. The van der Waals surface area contributed by atoms with Crippen molar-refractivity contribution in [3.8, 4) is 0 Å². The second-order valence-corrected chi connectivity index (χ2v) is 7.67. The molecule has 0 aliphatic rings. The maximum Gasteiger partial charge on any atom is 0.265 e. The van der Waals surface area contributed by atoms with Gasteiger partial charge in [0.05, 0.1) is 10.6 Å². The molecule has 0 saturated carbocycles. The number of hydrogen-bond acceptors (Lipinski definition) is 4. The molecule has 0 atom stereocenters. The predicted octanol–water partition coefficient (Wildman–Crippen LogP) is 3.03. The van der Waals surface area contributed by atoms with E-state index in [1.54, 1.807) is 0 Å². The summed E-state index contributed by atoms with van der Waals surface area (Å²) in [4.78, 5) is 5.26. The van der Waals surface area contributed by atoms with E-state index < -0.39 is 15.8 Å². The molecule has 0 aliphatic carbocycles. The van der Waals surface area contributed by atoms with Crippen molar-refractivity contribution in [2.24, 2.45) is 0 Å². The van der Waals surface area contributed by atoms with Crippen LogP contribution in [-0.2, 0) is 10.0 Å². The largest absolute Gasteiger partial charge is 0.265 e. The van der Waals surface area contributed by atoms with Crippen molar-refractivity contribution in [2.45, 2.75) is 25.7 Å². The van der Waals surface area contributed by atoms with E-state index >= 15 is 0 Å². The summed E-state index contributed by atoms with van der Waals surface area (Å²) in [5, 5.41) is 0.405. The predicted molar refractivity (Wildman–Crippen MR) is 78.3 cm³/mol. The molecular weight excluding hydrogens is 299 g/mol. The van der Waals surface area contributed by atoms with Crippen molar-refractivity contribution in [1.29, 1.82) is 0 Å². The molecular formula is C13H15FN2O2S2. The molecule has 0 radical (unpaired) electrons. The Morgan fingerprint density at radius 2 is 1.90 bits per heavy atom. The lowest BCUT2D eigenvalue weighted by Gasteiger charge is -2.16. The van der Waals surface area contributed by atoms with Crippen LogP contribution in [0.3, 0.4) is 0 Å². The number of anilines is 1. The molecule has 7 heteroatoms. The molecule has 2 rings (SSSR count). The van der Waals surface area contributed by atoms with Crippen LogP contribution < -0.4 is 4.31 Å². The zero-order chi connectivity index (χ0) is 15.1. The van der Waals surface area contributed by atoms with Gasteiger partial charge < -0.3 is 0 Å². The highest BCUT2D eigenvalue weighted by atomic mass is 32.2. The van der Waals surface area contributed by atoms with Crippen molar-refractivity contribution in [3.63, 3.8) is 0 Å². The Balaban J connectivity index is 2.46. The fourth-order valence-corrected chi connectivity index (χ4v) is 3.94. The Labute approximate surface area is 121 Å². The van der Waals surface area contributed by atoms with E-state index in [-0.39, 0.29) is 4.90 Å². The maximum atomic E-state index is 13.2. The first-order chi connectivity index (χ1) is 9.23. The van der Waals surface area contributed by atoms with E-state index in [0.717, 1.165) is 20.9 Å². The number of halogens is 1. The Hall–Kier alpha value is -1.47. The molecule has 0 fully saturated rings. The van der Waals surface area contributed by atoms with Crippen molar-refractivity contribution in [3.05, 3.63) is 40.2 Å². The molecule has 0 unspecified atom stereocenters. The van der Waals surface area contributed by atoms with Crippen molar-refractivity contribution < 1.29 is 12.8 Å². The highest BCUT2D eigenvalue weighted by Gasteiger charge is 2.24. The van der Waals surface area contributed by atoms with E-state index in [1.165, 1.54) is 37.4 Å². The van der Waals surface area contributed by atoms with E-state index in [1.807, 2.05) is 13.8 Å². The van der Waals surface area contributed by atoms with Gasteiger partial charge in [0.25, 0.3) is 10.0 Å². The monoisotopic (exact) mass is 314 g/mol. The van der Waals surface area contributed by atoms with Gasteiger partial charge in [0.15, 0.2) is 5.13 Å². The fraction of sp³-hybridized carbons (Fsp3) is 0.308. The number of sulfonamides is 1. The minimum Gasteiger partial charge on any atom is -0.244 e. The third-order valence-electron chi connectivity index (χ3n) is 3.07. The van der Waals surface area contributed by atoms with E-state index in [0.29, 0.717) is 10.7 Å². The molecule has 0 bridgehead atoms. The zero-order valence-electron chi connectivity index (χ0n) is 11.6. The van der Waals surface area contributed by atoms with E-state index in [2.05, 4.69) is 4.98 Å². The number of aryl methyl sites for hydroxylation is 3. The summed E-state index contributed by atoms with van der Waals surface area (Å²) < 4.78 is 39.4. The van der Waals surface area contributed by atoms with Crippen LogP contribution in [-0.4, -0.2) is 20.4 Å². The van der Waals surface area contributed by atoms with Crippen LogP contribution in [0.15, 0.2) is 23.1 Å². The van der Waals surface area contributed by atoms with Gasteiger partial charge in [-0.3, -0.25) is 0 Å². The van der Waals surface area contributed by atoms with Gasteiger partial charge in [-0.05, 0) is 44.5 Å². The summed E-state index contributed by atoms with van der Waals surface area (Å²) in [6.45, 7) is 5.25. The van der Waals surface area contributed by atoms with Gasteiger partial charge >= 0.3 is 0 Å². The second-order valence-electron chi connectivity index (χ2n) is 4.52. The first kappa shape index (κ1) is 14.9. The molecule has 0 N–H and O–H groups in total. The lowest BCUT2D eigenvalue weighted by Crippen LogP contribution is -2.26. The number of rotatable bonds is 3. The highest BCUT2D eigenvalue weighted by Crippen LogP contribution is 2.28. The number of hydrogen-bond donors (Lipinski definition) is 0. The molecule has 4 nitrogen and oxygen atoms in total. The fourth-order valence-electron chi connectivity index (χ4n) is 1.63. The van der Waals surface area contributed by atoms with Gasteiger partial charge in [0.1, 0.15) is 5.82 Å². The summed E-state index contributed by atoms with van der Waals surface area (Å²) in [5.74, 6) is -0.424.